The zero-order chi connectivity index (χ0) is 17.5. The van der Waals surface area contributed by atoms with Crippen molar-refractivity contribution in [1.82, 2.24) is 0 Å². The molecule has 0 aliphatic rings. The zero-order valence-corrected chi connectivity index (χ0v) is 14.8. The van der Waals surface area contributed by atoms with Crippen molar-refractivity contribution in [2.75, 3.05) is 0 Å². The van der Waals surface area contributed by atoms with Crippen LogP contribution in [-0.4, -0.2) is 28.9 Å². The molecular weight excluding hydrogens is 292 g/mol. The lowest BCUT2D eigenvalue weighted by Crippen LogP contribution is -2.33. The van der Waals surface area contributed by atoms with Gasteiger partial charge in [0.1, 0.15) is 11.8 Å². The predicted molar refractivity (Wildman–Crippen MR) is 94.3 cm³/mol. The first-order valence-electron chi connectivity index (χ1n) is 9.25. The van der Waals surface area contributed by atoms with E-state index in [2.05, 4.69) is 6.92 Å². The van der Waals surface area contributed by atoms with Gasteiger partial charge in [0.05, 0.1) is 6.04 Å². The van der Waals surface area contributed by atoms with Crippen molar-refractivity contribution in [1.29, 1.82) is 0 Å². The number of aliphatic carboxylic acids is 1. The Bertz CT molecular complexity index is 321. The summed E-state index contributed by atoms with van der Waals surface area (Å²) in [7, 11) is 0. The largest absolute Gasteiger partial charge is 0.480 e. The van der Waals surface area contributed by atoms with Crippen molar-refractivity contribution in [3.63, 3.8) is 0 Å². The van der Waals surface area contributed by atoms with E-state index >= 15 is 0 Å². The normalized spacial score (nSPS) is 13.7. The topological polar surface area (TPSA) is 106 Å². The van der Waals surface area contributed by atoms with E-state index in [1.807, 2.05) is 0 Å². The number of carboxylic acids is 1. The van der Waals surface area contributed by atoms with Gasteiger partial charge in [-0.05, 0) is 25.7 Å². The van der Waals surface area contributed by atoms with Gasteiger partial charge in [0, 0.05) is 6.42 Å². The molecule has 0 aromatic rings. The Labute approximate surface area is 141 Å². The highest BCUT2D eigenvalue weighted by atomic mass is 16.4. The third-order valence-corrected chi connectivity index (χ3v) is 4.29. The van der Waals surface area contributed by atoms with Crippen molar-refractivity contribution in [2.45, 2.75) is 102 Å². The van der Waals surface area contributed by atoms with E-state index in [0.717, 1.165) is 12.8 Å². The molecule has 2 unspecified atom stereocenters. The van der Waals surface area contributed by atoms with Crippen LogP contribution < -0.4 is 11.5 Å². The molecule has 23 heavy (non-hydrogen) atoms. The third kappa shape index (κ3) is 13.2. The molecule has 0 bridgehead atoms. The standard InChI is InChI=1S/C18H36N2O3/c1-2-3-4-5-6-7-8-9-10-14-17(21)15(19)12-11-13-16(20)18(22)23/h15-16H,2-14,19-20H2,1H3,(H,22,23). The second-order valence-electron chi connectivity index (χ2n) is 6.53. The fourth-order valence-corrected chi connectivity index (χ4v) is 2.64. The minimum Gasteiger partial charge on any atom is -0.480 e. The molecule has 0 saturated carbocycles. The monoisotopic (exact) mass is 328 g/mol. The van der Waals surface area contributed by atoms with Crippen LogP contribution in [0.1, 0.15) is 90.4 Å². The molecule has 0 amide bonds. The smallest absolute Gasteiger partial charge is 0.320 e. The Kier molecular flexibility index (Phi) is 14.0. The zero-order valence-electron chi connectivity index (χ0n) is 14.8. The van der Waals surface area contributed by atoms with Crippen molar-refractivity contribution in [3.05, 3.63) is 0 Å². The van der Waals surface area contributed by atoms with Crippen LogP contribution in [0.25, 0.3) is 0 Å². The number of rotatable bonds is 16. The van der Waals surface area contributed by atoms with Gasteiger partial charge in [-0.1, -0.05) is 58.3 Å². The summed E-state index contributed by atoms with van der Waals surface area (Å²) in [6, 6.07) is -1.32. The van der Waals surface area contributed by atoms with E-state index in [4.69, 9.17) is 16.6 Å². The second kappa shape index (κ2) is 14.6. The van der Waals surface area contributed by atoms with E-state index in [-0.39, 0.29) is 5.78 Å². The Hall–Kier alpha value is -0.940. The highest BCUT2D eigenvalue weighted by molar-refractivity contribution is 5.83. The quantitative estimate of drug-likeness (QED) is 0.377. The van der Waals surface area contributed by atoms with E-state index in [1.54, 1.807) is 0 Å². The summed E-state index contributed by atoms with van der Waals surface area (Å²) in [6.07, 6.45) is 13.1. The van der Waals surface area contributed by atoms with Crippen LogP contribution in [0.4, 0.5) is 0 Å². The first-order chi connectivity index (χ1) is 11.0. The molecule has 5 N–H and O–H groups in total. The predicted octanol–water partition coefficient (Wildman–Crippen LogP) is 3.39. The first kappa shape index (κ1) is 22.1. The number of hydrogen-bond donors (Lipinski definition) is 3. The maximum absolute atomic E-state index is 11.9. The molecule has 0 spiro atoms. The van der Waals surface area contributed by atoms with Gasteiger partial charge in [-0.15, -0.1) is 0 Å². The summed E-state index contributed by atoms with van der Waals surface area (Å²) in [5, 5.41) is 8.68. The number of nitrogens with two attached hydrogens (primary N) is 2. The van der Waals surface area contributed by atoms with Crippen molar-refractivity contribution in [3.8, 4) is 0 Å². The SMILES string of the molecule is CCCCCCCCCCCC(=O)C(N)CCCC(N)C(=O)O. The number of carbonyl (C=O) groups excluding carboxylic acids is 1. The Balaban J connectivity index is 3.49. The van der Waals surface area contributed by atoms with Gasteiger partial charge in [-0.2, -0.15) is 0 Å². The maximum atomic E-state index is 11.9. The Morgan fingerprint density at radius 3 is 1.78 bits per heavy atom. The lowest BCUT2D eigenvalue weighted by Gasteiger charge is -2.11. The van der Waals surface area contributed by atoms with Crippen LogP contribution in [0.2, 0.25) is 0 Å². The van der Waals surface area contributed by atoms with Crippen LogP contribution >= 0.6 is 0 Å². The minimum atomic E-state index is -1.00. The van der Waals surface area contributed by atoms with Gasteiger partial charge in [-0.3, -0.25) is 9.59 Å². The maximum Gasteiger partial charge on any atom is 0.320 e. The molecule has 2 atom stereocenters. The van der Waals surface area contributed by atoms with Crippen molar-refractivity contribution >= 4 is 11.8 Å². The highest BCUT2D eigenvalue weighted by Gasteiger charge is 2.15. The summed E-state index contributed by atoms with van der Waals surface area (Å²) in [5.74, 6) is -0.906. The number of unbranched alkanes of at least 4 members (excludes halogenated alkanes) is 8. The van der Waals surface area contributed by atoms with E-state index in [1.165, 1.54) is 44.9 Å². The molecule has 0 aromatic carbocycles. The van der Waals surface area contributed by atoms with E-state index in [9.17, 15) is 9.59 Å². The summed E-state index contributed by atoms with van der Waals surface area (Å²) in [4.78, 5) is 22.5. The molecule has 0 fully saturated rings. The molecule has 0 radical (unpaired) electrons. The molecule has 0 aliphatic heterocycles. The summed E-state index contributed by atoms with van der Waals surface area (Å²) < 4.78 is 0. The Morgan fingerprint density at radius 2 is 1.26 bits per heavy atom. The van der Waals surface area contributed by atoms with Gasteiger partial charge in [0.25, 0.3) is 0 Å². The molecule has 5 nitrogen and oxygen atoms in total. The number of carboxylic acid groups (broad SMARTS) is 1. The van der Waals surface area contributed by atoms with Crippen molar-refractivity contribution < 1.29 is 14.7 Å². The average molecular weight is 328 g/mol. The molecule has 0 aliphatic carbocycles. The number of ketones is 1. The number of hydrogen-bond acceptors (Lipinski definition) is 4. The molecule has 136 valence electrons. The van der Waals surface area contributed by atoms with Crippen LogP contribution in [-0.2, 0) is 9.59 Å². The number of carbonyl (C=O) groups is 2. The number of Topliss-reactive ketones (excluding diaryl/α,β-unsaturated/α-hetero) is 1. The highest BCUT2D eigenvalue weighted by Crippen LogP contribution is 2.12. The fourth-order valence-electron chi connectivity index (χ4n) is 2.64. The third-order valence-electron chi connectivity index (χ3n) is 4.29. The lowest BCUT2D eigenvalue weighted by molar-refractivity contribution is -0.138. The Morgan fingerprint density at radius 1 is 0.783 bits per heavy atom. The summed E-state index contributed by atoms with van der Waals surface area (Å²) in [6.45, 7) is 2.22. The van der Waals surface area contributed by atoms with Crippen molar-refractivity contribution in [2.24, 2.45) is 11.5 Å². The molecule has 0 saturated heterocycles. The fraction of sp³-hybridized carbons (Fsp3) is 0.889. The molecular formula is C18H36N2O3. The van der Waals surface area contributed by atoms with Gasteiger partial charge in [0.15, 0.2) is 0 Å². The average Bonchev–Trinajstić information content (AvgIpc) is 2.52. The molecule has 5 heteroatoms. The summed E-state index contributed by atoms with van der Waals surface area (Å²) >= 11 is 0. The molecule has 0 aromatic heterocycles. The van der Waals surface area contributed by atoms with Gasteiger partial charge >= 0.3 is 5.97 Å². The van der Waals surface area contributed by atoms with Gasteiger partial charge < -0.3 is 16.6 Å². The van der Waals surface area contributed by atoms with Gasteiger partial charge in [-0.25, -0.2) is 0 Å². The van der Waals surface area contributed by atoms with E-state index < -0.39 is 18.1 Å². The van der Waals surface area contributed by atoms with Crippen LogP contribution in [0.15, 0.2) is 0 Å². The first-order valence-corrected chi connectivity index (χ1v) is 9.25. The summed E-state index contributed by atoms with van der Waals surface area (Å²) in [5.41, 5.74) is 11.3. The van der Waals surface area contributed by atoms with Crippen LogP contribution in [0, 0.1) is 0 Å². The van der Waals surface area contributed by atoms with Gasteiger partial charge in [0.2, 0.25) is 0 Å². The lowest BCUT2D eigenvalue weighted by atomic mass is 9.99. The van der Waals surface area contributed by atoms with Crippen LogP contribution in [0.3, 0.4) is 0 Å². The van der Waals surface area contributed by atoms with Crippen LogP contribution in [0.5, 0.6) is 0 Å². The molecule has 0 rings (SSSR count). The molecule has 0 heterocycles. The minimum absolute atomic E-state index is 0.0943. The van der Waals surface area contributed by atoms with E-state index in [0.29, 0.717) is 25.7 Å². The second-order valence-corrected chi connectivity index (χ2v) is 6.53.